The first kappa shape index (κ1) is 14.8. The highest BCUT2D eigenvalue weighted by molar-refractivity contribution is 5.95. The van der Waals surface area contributed by atoms with Gasteiger partial charge in [-0.3, -0.25) is 9.48 Å². The van der Waals surface area contributed by atoms with Crippen molar-refractivity contribution in [1.29, 1.82) is 0 Å². The van der Waals surface area contributed by atoms with Gasteiger partial charge in [0.1, 0.15) is 0 Å². The number of carbonyl (C=O) groups is 1. The quantitative estimate of drug-likeness (QED) is 0.920. The first-order valence-electron chi connectivity index (χ1n) is 7.70. The van der Waals surface area contributed by atoms with Crippen LogP contribution in [-0.2, 0) is 11.3 Å². The molecule has 0 saturated carbocycles. The SMILES string of the molecule is Cc1c(C(=O)NC[C@@H]2CCCO2)cnn1Cc1ccccc1. The maximum Gasteiger partial charge on any atom is 0.254 e. The first-order valence-corrected chi connectivity index (χ1v) is 7.70. The number of hydrogen-bond donors (Lipinski definition) is 1. The summed E-state index contributed by atoms with van der Waals surface area (Å²) in [6.07, 6.45) is 3.90. The van der Waals surface area contributed by atoms with Crippen molar-refractivity contribution in [3.8, 4) is 0 Å². The fourth-order valence-corrected chi connectivity index (χ4v) is 2.69. The molecule has 1 aliphatic rings. The van der Waals surface area contributed by atoms with Crippen LogP contribution in [0, 0.1) is 6.92 Å². The van der Waals surface area contributed by atoms with Crippen LogP contribution in [0.2, 0.25) is 0 Å². The highest BCUT2D eigenvalue weighted by atomic mass is 16.5. The minimum atomic E-state index is -0.0766. The van der Waals surface area contributed by atoms with Crippen LogP contribution >= 0.6 is 0 Å². The van der Waals surface area contributed by atoms with Crippen LogP contribution in [0.25, 0.3) is 0 Å². The number of rotatable bonds is 5. The molecule has 1 atom stereocenters. The van der Waals surface area contributed by atoms with Gasteiger partial charge in [-0.05, 0) is 25.3 Å². The summed E-state index contributed by atoms with van der Waals surface area (Å²) in [5.74, 6) is -0.0766. The van der Waals surface area contributed by atoms with Crippen molar-refractivity contribution in [3.63, 3.8) is 0 Å². The smallest absolute Gasteiger partial charge is 0.254 e. The Hall–Kier alpha value is -2.14. The van der Waals surface area contributed by atoms with Gasteiger partial charge >= 0.3 is 0 Å². The van der Waals surface area contributed by atoms with Crippen LogP contribution in [0.15, 0.2) is 36.5 Å². The van der Waals surface area contributed by atoms with Gasteiger partial charge in [0.25, 0.3) is 5.91 Å². The zero-order valence-electron chi connectivity index (χ0n) is 12.8. The Morgan fingerprint density at radius 2 is 2.23 bits per heavy atom. The molecule has 0 radical (unpaired) electrons. The van der Waals surface area contributed by atoms with Crippen molar-refractivity contribution in [3.05, 3.63) is 53.3 Å². The number of hydrogen-bond acceptors (Lipinski definition) is 3. The molecule has 1 N–H and O–H groups in total. The number of ether oxygens (including phenoxy) is 1. The summed E-state index contributed by atoms with van der Waals surface area (Å²) in [6.45, 7) is 3.97. The van der Waals surface area contributed by atoms with Crippen molar-refractivity contribution in [1.82, 2.24) is 15.1 Å². The third-order valence-electron chi connectivity index (χ3n) is 4.04. The molecule has 1 fully saturated rings. The Kier molecular flexibility index (Phi) is 4.53. The second-order valence-corrected chi connectivity index (χ2v) is 5.63. The predicted molar refractivity (Wildman–Crippen MR) is 83.8 cm³/mol. The van der Waals surface area contributed by atoms with Crippen LogP contribution in [0.5, 0.6) is 0 Å². The van der Waals surface area contributed by atoms with E-state index in [1.807, 2.05) is 29.8 Å². The molecular weight excluding hydrogens is 278 g/mol. The lowest BCUT2D eigenvalue weighted by Crippen LogP contribution is -2.32. The Morgan fingerprint density at radius 3 is 2.95 bits per heavy atom. The Labute approximate surface area is 130 Å². The first-order chi connectivity index (χ1) is 10.7. The zero-order chi connectivity index (χ0) is 15.4. The molecule has 1 amide bonds. The van der Waals surface area contributed by atoms with E-state index in [1.165, 1.54) is 5.56 Å². The highest BCUT2D eigenvalue weighted by Gasteiger charge is 2.19. The van der Waals surface area contributed by atoms with Crippen LogP contribution in [0.3, 0.4) is 0 Å². The van der Waals surface area contributed by atoms with E-state index < -0.39 is 0 Å². The van der Waals surface area contributed by atoms with Gasteiger partial charge in [-0.2, -0.15) is 5.10 Å². The zero-order valence-corrected chi connectivity index (χ0v) is 12.8. The molecule has 22 heavy (non-hydrogen) atoms. The molecule has 0 unspecified atom stereocenters. The molecule has 116 valence electrons. The average molecular weight is 299 g/mol. The Balaban J connectivity index is 1.63. The third kappa shape index (κ3) is 3.36. The second-order valence-electron chi connectivity index (χ2n) is 5.63. The van der Waals surface area contributed by atoms with Gasteiger partial charge < -0.3 is 10.1 Å². The number of aromatic nitrogens is 2. The molecule has 0 aliphatic carbocycles. The van der Waals surface area contributed by atoms with Crippen molar-refractivity contribution >= 4 is 5.91 Å². The lowest BCUT2D eigenvalue weighted by Gasteiger charge is -2.10. The fourth-order valence-electron chi connectivity index (χ4n) is 2.69. The van der Waals surface area contributed by atoms with E-state index in [4.69, 9.17) is 4.74 Å². The lowest BCUT2D eigenvalue weighted by molar-refractivity contribution is 0.0857. The molecule has 3 rings (SSSR count). The summed E-state index contributed by atoms with van der Waals surface area (Å²) in [4.78, 5) is 12.3. The van der Waals surface area contributed by atoms with Gasteiger partial charge in [-0.15, -0.1) is 0 Å². The van der Waals surface area contributed by atoms with E-state index in [9.17, 15) is 4.79 Å². The minimum absolute atomic E-state index is 0.0766. The van der Waals surface area contributed by atoms with E-state index >= 15 is 0 Å². The molecule has 2 aromatic rings. The Bertz CT molecular complexity index is 631. The largest absolute Gasteiger partial charge is 0.376 e. The summed E-state index contributed by atoms with van der Waals surface area (Å²) >= 11 is 0. The van der Waals surface area contributed by atoms with Gasteiger partial charge in [0.05, 0.1) is 24.4 Å². The molecular formula is C17H21N3O2. The Morgan fingerprint density at radius 1 is 1.41 bits per heavy atom. The molecule has 1 aromatic carbocycles. The van der Waals surface area contributed by atoms with Crippen molar-refractivity contribution in [2.24, 2.45) is 0 Å². The molecule has 0 bridgehead atoms. The van der Waals surface area contributed by atoms with E-state index in [1.54, 1.807) is 6.20 Å². The summed E-state index contributed by atoms with van der Waals surface area (Å²) < 4.78 is 7.38. The maximum atomic E-state index is 12.3. The molecule has 1 saturated heterocycles. The monoisotopic (exact) mass is 299 g/mol. The maximum absolute atomic E-state index is 12.3. The summed E-state index contributed by atoms with van der Waals surface area (Å²) in [7, 11) is 0. The highest BCUT2D eigenvalue weighted by Crippen LogP contribution is 2.12. The normalized spacial score (nSPS) is 17.6. The number of nitrogens with zero attached hydrogens (tertiary/aromatic N) is 2. The second kappa shape index (κ2) is 6.75. The van der Waals surface area contributed by atoms with E-state index in [0.29, 0.717) is 18.7 Å². The topological polar surface area (TPSA) is 56.1 Å². The third-order valence-corrected chi connectivity index (χ3v) is 4.04. The number of benzene rings is 1. The van der Waals surface area contributed by atoms with E-state index in [0.717, 1.165) is 25.1 Å². The average Bonchev–Trinajstić information content (AvgIpc) is 3.17. The van der Waals surface area contributed by atoms with Crippen LogP contribution in [-0.4, -0.2) is 34.9 Å². The number of nitrogens with one attached hydrogen (secondary N) is 1. The van der Waals surface area contributed by atoms with Gasteiger partial charge in [0.2, 0.25) is 0 Å². The molecule has 2 heterocycles. The molecule has 5 nitrogen and oxygen atoms in total. The van der Waals surface area contributed by atoms with E-state index in [-0.39, 0.29) is 12.0 Å². The van der Waals surface area contributed by atoms with Crippen molar-refractivity contribution < 1.29 is 9.53 Å². The van der Waals surface area contributed by atoms with Gasteiger partial charge in [-0.1, -0.05) is 30.3 Å². The fraction of sp³-hybridized carbons (Fsp3) is 0.412. The van der Waals surface area contributed by atoms with Crippen LogP contribution in [0.1, 0.15) is 34.5 Å². The van der Waals surface area contributed by atoms with Gasteiger partial charge in [0, 0.05) is 18.8 Å². The summed E-state index contributed by atoms with van der Waals surface area (Å²) in [6, 6.07) is 10.1. The molecule has 5 heteroatoms. The molecule has 1 aromatic heterocycles. The molecule has 0 spiro atoms. The lowest BCUT2D eigenvalue weighted by atomic mass is 10.2. The van der Waals surface area contributed by atoms with Gasteiger partial charge in [-0.25, -0.2) is 0 Å². The standard InChI is InChI=1S/C17H21N3O2/c1-13-16(17(21)18-10-15-8-5-9-22-15)11-19-20(13)12-14-6-3-2-4-7-14/h2-4,6-7,11,15H,5,8-10,12H2,1H3,(H,18,21)/t15-/m0/s1. The van der Waals surface area contributed by atoms with Crippen molar-refractivity contribution in [2.75, 3.05) is 13.2 Å². The van der Waals surface area contributed by atoms with Crippen LogP contribution in [0.4, 0.5) is 0 Å². The van der Waals surface area contributed by atoms with E-state index in [2.05, 4.69) is 22.5 Å². The molecule has 1 aliphatic heterocycles. The summed E-state index contributed by atoms with van der Waals surface area (Å²) in [5, 5.41) is 7.28. The van der Waals surface area contributed by atoms with Gasteiger partial charge in [0.15, 0.2) is 0 Å². The van der Waals surface area contributed by atoms with Crippen molar-refractivity contribution in [2.45, 2.75) is 32.4 Å². The predicted octanol–water partition coefficient (Wildman–Crippen LogP) is 2.15. The number of amides is 1. The number of carbonyl (C=O) groups excluding carboxylic acids is 1. The minimum Gasteiger partial charge on any atom is -0.376 e. The summed E-state index contributed by atoms with van der Waals surface area (Å²) in [5.41, 5.74) is 2.68. The van der Waals surface area contributed by atoms with Crippen LogP contribution < -0.4 is 5.32 Å².